The molecule has 0 bridgehead atoms. The van der Waals surface area contributed by atoms with Gasteiger partial charge in [0, 0.05) is 56.8 Å². The minimum absolute atomic E-state index is 0.0381. The highest BCUT2D eigenvalue weighted by Crippen LogP contribution is 2.57. The first kappa shape index (κ1) is 21.3. The summed E-state index contributed by atoms with van der Waals surface area (Å²) in [5, 5.41) is 0. The molecule has 3 fully saturated rings. The lowest BCUT2D eigenvalue weighted by atomic mass is 9.60. The first-order valence-corrected chi connectivity index (χ1v) is 11.4. The van der Waals surface area contributed by atoms with Crippen LogP contribution < -0.4 is 0 Å². The third-order valence-corrected chi connectivity index (χ3v) is 7.64. The second-order valence-electron chi connectivity index (χ2n) is 9.86. The molecule has 0 aromatic heterocycles. The fourth-order valence-electron chi connectivity index (χ4n) is 6.16. The smallest absolute Gasteiger partial charge is 0.253 e. The van der Waals surface area contributed by atoms with Gasteiger partial charge in [0.15, 0.2) is 0 Å². The van der Waals surface area contributed by atoms with Gasteiger partial charge in [0.25, 0.3) is 5.91 Å². The maximum absolute atomic E-state index is 13.5. The van der Waals surface area contributed by atoms with Crippen molar-refractivity contribution in [1.82, 2.24) is 14.7 Å². The van der Waals surface area contributed by atoms with Gasteiger partial charge in [-0.25, -0.2) is 4.39 Å². The fraction of sp³-hybridized carbons (Fsp3) is 0.667. The number of likely N-dealkylation sites (tertiary alicyclic amines) is 3. The molecule has 2 spiro atoms. The maximum atomic E-state index is 13.5. The molecule has 1 aromatic carbocycles. The summed E-state index contributed by atoms with van der Waals surface area (Å²) in [6.45, 7) is 12.3. The van der Waals surface area contributed by atoms with Gasteiger partial charge in [-0.3, -0.25) is 9.59 Å². The Morgan fingerprint density at radius 3 is 2.30 bits per heavy atom. The molecule has 6 heteroatoms. The van der Waals surface area contributed by atoms with Crippen LogP contribution in [0.25, 0.3) is 0 Å². The number of halogens is 1. The minimum atomic E-state index is -0.331. The summed E-state index contributed by atoms with van der Waals surface area (Å²) in [5.41, 5.74) is 0.176. The molecular formula is C24H34FN3O2. The molecule has 1 aromatic rings. The molecule has 0 unspecified atom stereocenters. The van der Waals surface area contributed by atoms with Crippen molar-refractivity contribution >= 4 is 11.8 Å². The number of carbonyl (C=O) groups is 2. The summed E-state index contributed by atoms with van der Waals surface area (Å²) in [7, 11) is 0. The van der Waals surface area contributed by atoms with Gasteiger partial charge in [-0.15, -0.1) is 0 Å². The van der Waals surface area contributed by atoms with Crippen LogP contribution in [-0.2, 0) is 4.79 Å². The van der Waals surface area contributed by atoms with Crippen molar-refractivity contribution < 1.29 is 14.0 Å². The SMILES string of the molecule is CCN1CC[C@@]2(CN(CC(C)C)CC23CCN(C(=O)c2ccc(F)cc2)CC3)C1=O. The van der Waals surface area contributed by atoms with Gasteiger partial charge in [0.2, 0.25) is 5.91 Å². The van der Waals surface area contributed by atoms with E-state index in [1.165, 1.54) is 12.1 Å². The predicted octanol–water partition coefficient (Wildman–Crippen LogP) is 3.26. The van der Waals surface area contributed by atoms with Crippen molar-refractivity contribution in [2.75, 3.05) is 45.8 Å². The average molecular weight is 416 g/mol. The van der Waals surface area contributed by atoms with Gasteiger partial charge >= 0.3 is 0 Å². The van der Waals surface area contributed by atoms with E-state index in [1.807, 2.05) is 9.80 Å². The molecule has 0 N–H and O–H groups in total. The van der Waals surface area contributed by atoms with Crippen LogP contribution in [0.4, 0.5) is 4.39 Å². The van der Waals surface area contributed by atoms with E-state index in [1.54, 1.807) is 12.1 Å². The highest BCUT2D eigenvalue weighted by atomic mass is 19.1. The Bertz CT molecular complexity index is 801. The summed E-state index contributed by atoms with van der Waals surface area (Å²) < 4.78 is 13.2. The zero-order valence-corrected chi connectivity index (χ0v) is 18.5. The molecule has 5 nitrogen and oxygen atoms in total. The maximum Gasteiger partial charge on any atom is 0.253 e. The number of benzene rings is 1. The third-order valence-electron chi connectivity index (χ3n) is 7.64. The molecule has 3 aliphatic heterocycles. The van der Waals surface area contributed by atoms with Crippen molar-refractivity contribution in [2.24, 2.45) is 16.7 Å². The number of piperidine rings is 1. The summed E-state index contributed by atoms with van der Waals surface area (Å²) >= 11 is 0. The van der Waals surface area contributed by atoms with E-state index < -0.39 is 0 Å². The fourth-order valence-corrected chi connectivity index (χ4v) is 6.16. The van der Waals surface area contributed by atoms with Crippen molar-refractivity contribution in [2.45, 2.75) is 40.0 Å². The van der Waals surface area contributed by atoms with E-state index >= 15 is 0 Å². The van der Waals surface area contributed by atoms with Gasteiger partial charge in [-0.05, 0) is 56.4 Å². The first-order chi connectivity index (χ1) is 14.3. The molecule has 0 aliphatic carbocycles. The lowest BCUT2D eigenvalue weighted by Crippen LogP contribution is -2.53. The molecule has 164 valence electrons. The molecule has 3 aliphatic rings. The molecule has 30 heavy (non-hydrogen) atoms. The zero-order chi connectivity index (χ0) is 21.5. The van der Waals surface area contributed by atoms with Crippen molar-refractivity contribution in [3.05, 3.63) is 35.6 Å². The highest BCUT2D eigenvalue weighted by Gasteiger charge is 2.64. The first-order valence-electron chi connectivity index (χ1n) is 11.4. The van der Waals surface area contributed by atoms with Gasteiger partial charge in [-0.1, -0.05) is 13.8 Å². The van der Waals surface area contributed by atoms with E-state index in [-0.39, 0.29) is 22.6 Å². The van der Waals surface area contributed by atoms with Crippen molar-refractivity contribution in [3.8, 4) is 0 Å². The molecule has 2 amide bonds. The molecule has 3 saturated heterocycles. The van der Waals surface area contributed by atoms with Gasteiger partial charge in [0.05, 0.1) is 5.41 Å². The summed E-state index contributed by atoms with van der Waals surface area (Å²) in [6.07, 6.45) is 2.65. The Morgan fingerprint density at radius 1 is 1.07 bits per heavy atom. The Balaban J connectivity index is 1.54. The average Bonchev–Trinajstić information content (AvgIpc) is 3.20. The Hall–Kier alpha value is -1.95. The lowest BCUT2D eigenvalue weighted by molar-refractivity contribution is -0.141. The van der Waals surface area contributed by atoms with E-state index in [4.69, 9.17) is 0 Å². The van der Waals surface area contributed by atoms with Crippen molar-refractivity contribution in [3.63, 3.8) is 0 Å². The quantitative estimate of drug-likeness (QED) is 0.758. The number of nitrogens with zero attached hydrogens (tertiary/aromatic N) is 3. The van der Waals surface area contributed by atoms with Crippen LogP contribution in [0.2, 0.25) is 0 Å². The molecule has 0 saturated carbocycles. The lowest BCUT2D eigenvalue weighted by Gasteiger charge is -2.47. The molecular weight excluding hydrogens is 381 g/mol. The largest absolute Gasteiger partial charge is 0.342 e. The number of amides is 2. The summed E-state index contributed by atoms with van der Waals surface area (Å²) in [6, 6.07) is 5.79. The number of hydrogen-bond acceptors (Lipinski definition) is 3. The van der Waals surface area contributed by atoms with Crippen LogP contribution >= 0.6 is 0 Å². The van der Waals surface area contributed by atoms with Gasteiger partial charge < -0.3 is 14.7 Å². The zero-order valence-electron chi connectivity index (χ0n) is 18.5. The van der Waals surface area contributed by atoms with Crippen LogP contribution in [0, 0.1) is 22.6 Å². The van der Waals surface area contributed by atoms with E-state index in [0.29, 0.717) is 30.5 Å². The molecule has 4 rings (SSSR count). The number of rotatable bonds is 4. The van der Waals surface area contributed by atoms with Crippen molar-refractivity contribution in [1.29, 1.82) is 0 Å². The minimum Gasteiger partial charge on any atom is -0.342 e. The third kappa shape index (κ3) is 3.43. The summed E-state index contributed by atoms with van der Waals surface area (Å²) in [5.74, 6) is 0.525. The van der Waals surface area contributed by atoms with Crippen LogP contribution in [0.1, 0.15) is 50.4 Å². The topological polar surface area (TPSA) is 43.9 Å². The van der Waals surface area contributed by atoms with E-state index in [2.05, 4.69) is 25.7 Å². The van der Waals surface area contributed by atoms with Gasteiger partial charge in [0.1, 0.15) is 5.82 Å². The molecule has 3 heterocycles. The Labute approximate surface area is 179 Å². The predicted molar refractivity (Wildman–Crippen MR) is 115 cm³/mol. The molecule has 1 atom stereocenters. The molecule has 0 radical (unpaired) electrons. The second-order valence-corrected chi connectivity index (χ2v) is 9.86. The van der Waals surface area contributed by atoms with Crippen LogP contribution in [0.15, 0.2) is 24.3 Å². The second kappa shape index (κ2) is 7.95. The van der Waals surface area contributed by atoms with E-state index in [0.717, 1.165) is 52.0 Å². The van der Waals surface area contributed by atoms with Crippen LogP contribution in [0.3, 0.4) is 0 Å². The monoisotopic (exact) mass is 415 g/mol. The number of fused-ring (bicyclic) bond motifs is 1. The highest BCUT2D eigenvalue weighted by molar-refractivity contribution is 5.94. The van der Waals surface area contributed by atoms with Crippen LogP contribution in [-0.4, -0.2) is 72.3 Å². The normalized spacial score (nSPS) is 26.5. The van der Waals surface area contributed by atoms with E-state index in [9.17, 15) is 14.0 Å². The van der Waals surface area contributed by atoms with Crippen LogP contribution in [0.5, 0.6) is 0 Å². The Kier molecular flexibility index (Phi) is 5.64. The van der Waals surface area contributed by atoms with Gasteiger partial charge in [-0.2, -0.15) is 0 Å². The summed E-state index contributed by atoms with van der Waals surface area (Å²) in [4.78, 5) is 32.8. The number of hydrogen-bond donors (Lipinski definition) is 0. The standard InChI is InChI=1S/C24H34FN3O2/c1-4-27-14-11-24(22(27)30)17-26(15-18(2)3)16-23(24)9-12-28(13-10-23)21(29)19-5-7-20(25)8-6-19/h5-8,18H,4,9-17H2,1-3H3/t24-/m1/s1. The number of carbonyl (C=O) groups excluding carboxylic acids is 2. The Morgan fingerprint density at radius 2 is 1.73 bits per heavy atom.